The van der Waals surface area contributed by atoms with Crippen LogP contribution in [0.1, 0.15) is 49.0 Å². The normalized spacial score (nSPS) is 29.4. The summed E-state index contributed by atoms with van der Waals surface area (Å²) in [5.41, 5.74) is 2.25. The van der Waals surface area contributed by atoms with Gasteiger partial charge in [0.15, 0.2) is 5.78 Å². The molecule has 2 aliphatic rings. The van der Waals surface area contributed by atoms with Gasteiger partial charge in [-0.1, -0.05) is 32.0 Å². The molecule has 0 bridgehead atoms. The van der Waals surface area contributed by atoms with E-state index >= 15 is 0 Å². The molecule has 0 radical (unpaired) electrons. The maximum Gasteiger partial charge on any atom is 0.165 e. The van der Waals surface area contributed by atoms with E-state index in [2.05, 4.69) is 26.0 Å². The molecule has 2 aliphatic carbocycles. The Kier molecular flexibility index (Phi) is 3.01. The molecular formula is C17H22O. The topological polar surface area (TPSA) is 17.1 Å². The molecule has 0 N–H and O–H groups in total. The van der Waals surface area contributed by atoms with Crippen LogP contribution in [0.2, 0.25) is 0 Å². The number of Topliss-reactive ketones (excluding diaryl/α,β-unsaturated/α-hetero) is 1. The van der Waals surface area contributed by atoms with Gasteiger partial charge in [-0.3, -0.25) is 4.79 Å². The van der Waals surface area contributed by atoms with Crippen LogP contribution in [0.3, 0.4) is 0 Å². The molecule has 0 spiro atoms. The number of carbonyl (C=O) groups excluding carboxylic acids is 1. The van der Waals surface area contributed by atoms with E-state index in [9.17, 15) is 4.79 Å². The molecule has 96 valence electrons. The molecule has 1 aromatic rings. The highest BCUT2D eigenvalue weighted by molar-refractivity contribution is 5.98. The summed E-state index contributed by atoms with van der Waals surface area (Å²) >= 11 is 0. The smallest absolute Gasteiger partial charge is 0.165 e. The summed E-state index contributed by atoms with van der Waals surface area (Å²) in [6.07, 6.45) is 4.75. The Morgan fingerprint density at radius 3 is 2.61 bits per heavy atom. The van der Waals surface area contributed by atoms with Gasteiger partial charge in [0, 0.05) is 11.5 Å². The first kappa shape index (κ1) is 12.0. The predicted octanol–water partition coefficient (Wildman–Crippen LogP) is 4.11. The lowest BCUT2D eigenvalue weighted by Crippen LogP contribution is -2.13. The third-order valence-electron chi connectivity index (χ3n) is 4.47. The Labute approximate surface area is 110 Å². The van der Waals surface area contributed by atoms with Gasteiger partial charge in [-0.25, -0.2) is 0 Å². The van der Waals surface area contributed by atoms with Gasteiger partial charge in [0.25, 0.3) is 0 Å². The van der Waals surface area contributed by atoms with Gasteiger partial charge in [0.2, 0.25) is 0 Å². The van der Waals surface area contributed by atoms with Crippen molar-refractivity contribution in [2.45, 2.75) is 39.5 Å². The highest BCUT2D eigenvalue weighted by Gasteiger charge is 2.47. The van der Waals surface area contributed by atoms with E-state index < -0.39 is 0 Å². The molecule has 2 fully saturated rings. The largest absolute Gasteiger partial charge is 0.294 e. The number of hydrogen-bond donors (Lipinski definition) is 0. The fourth-order valence-corrected chi connectivity index (χ4v) is 3.49. The summed E-state index contributed by atoms with van der Waals surface area (Å²) in [4.78, 5) is 12.5. The van der Waals surface area contributed by atoms with Gasteiger partial charge < -0.3 is 0 Å². The molecule has 0 heterocycles. The molecule has 1 heteroatoms. The van der Waals surface area contributed by atoms with Crippen LogP contribution in [-0.2, 0) is 6.42 Å². The van der Waals surface area contributed by atoms with Crippen LogP contribution < -0.4 is 0 Å². The molecule has 0 aliphatic heterocycles. The number of carbonyl (C=O) groups is 1. The minimum absolute atomic E-state index is 0.322. The van der Waals surface area contributed by atoms with Crippen LogP contribution in [0.4, 0.5) is 0 Å². The van der Waals surface area contributed by atoms with Crippen LogP contribution in [0, 0.1) is 23.7 Å². The fourth-order valence-electron chi connectivity index (χ4n) is 3.49. The fraction of sp³-hybridized carbons (Fsp3) is 0.588. The lowest BCUT2D eigenvalue weighted by molar-refractivity contribution is 0.0914. The summed E-state index contributed by atoms with van der Waals surface area (Å²) in [5, 5.41) is 0. The summed E-state index contributed by atoms with van der Waals surface area (Å²) < 4.78 is 0. The Morgan fingerprint density at radius 2 is 1.94 bits per heavy atom. The lowest BCUT2D eigenvalue weighted by atomic mass is 9.91. The third kappa shape index (κ3) is 2.36. The van der Waals surface area contributed by atoms with Crippen molar-refractivity contribution in [3.05, 3.63) is 35.4 Å². The molecule has 1 nitrogen and oxygen atoms in total. The zero-order valence-electron chi connectivity index (χ0n) is 11.4. The summed E-state index contributed by atoms with van der Waals surface area (Å²) in [6, 6.07) is 8.30. The minimum atomic E-state index is 0.322. The zero-order valence-corrected chi connectivity index (χ0v) is 11.4. The second kappa shape index (κ2) is 4.53. The van der Waals surface area contributed by atoms with Gasteiger partial charge in [-0.2, -0.15) is 0 Å². The van der Waals surface area contributed by atoms with E-state index in [1.165, 1.54) is 12.0 Å². The molecule has 1 aromatic carbocycles. The first-order chi connectivity index (χ1) is 8.63. The Bertz CT molecular complexity index is 450. The van der Waals surface area contributed by atoms with Crippen molar-refractivity contribution < 1.29 is 4.79 Å². The van der Waals surface area contributed by atoms with E-state index in [0.29, 0.717) is 17.6 Å². The van der Waals surface area contributed by atoms with Crippen molar-refractivity contribution in [1.82, 2.24) is 0 Å². The van der Waals surface area contributed by atoms with E-state index in [4.69, 9.17) is 0 Å². The van der Waals surface area contributed by atoms with Crippen molar-refractivity contribution >= 4 is 5.78 Å². The molecule has 2 unspecified atom stereocenters. The van der Waals surface area contributed by atoms with E-state index in [0.717, 1.165) is 36.7 Å². The molecular weight excluding hydrogens is 220 g/mol. The molecule has 2 atom stereocenters. The Hall–Kier alpha value is -1.11. The average Bonchev–Trinajstić information content (AvgIpc) is 2.95. The van der Waals surface area contributed by atoms with Crippen molar-refractivity contribution in [3.8, 4) is 0 Å². The highest BCUT2D eigenvalue weighted by atomic mass is 16.1. The van der Waals surface area contributed by atoms with Gasteiger partial charge in [-0.15, -0.1) is 0 Å². The number of benzene rings is 1. The Balaban J connectivity index is 1.72. The molecule has 2 saturated carbocycles. The van der Waals surface area contributed by atoms with Gasteiger partial charge in [0.1, 0.15) is 0 Å². The first-order valence-electron chi connectivity index (χ1n) is 7.26. The summed E-state index contributed by atoms with van der Waals surface area (Å²) in [5.74, 6) is 3.14. The van der Waals surface area contributed by atoms with E-state index in [1.807, 2.05) is 12.1 Å². The quantitative estimate of drug-likeness (QED) is 0.726. The minimum Gasteiger partial charge on any atom is -0.294 e. The number of hydrogen-bond acceptors (Lipinski definition) is 1. The van der Waals surface area contributed by atoms with E-state index in [1.54, 1.807) is 0 Å². The highest BCUT2D eigenvalue weighted by Crippen LogP contribution is 2.54. The average molecular weight is 242 g/mol. The molecule has 0 aromatic heterocycles. The zero-order chi connectivity index (χ0) is 12.7. The number of fused-ring (bicyclic) bond motifs is 1. The van der Waals surface area contributed by atoms with E-state index in [-0.39, 0.29) is 0 Å². The van der Waals surface area contributed by atoms with Crippen LogP contribution in [0.5, 0.6) is 0 Å². The van der Waals surface area contributed by atoms with Gasteiger partial charge >= 0.3 is 0 Å². The first-order valence-corrected chi connectivity index (χ1v) is 7.26. The lowest BCUT2D eigenvalue weighted by Gasteiger charge is -2.12. The maximum absolute atomic E-state index is 12.5. The molecule has 3 rings (SSSR count). The van der Waals surface area contributed by atoms with Crippen LogP contribution in [-0.4, -0.2) is 5.78 Å². The summed E-state index contributed by atoms with van der Waals surface area (Å²) in [6.45, 7) is 4.44. The van der Waals surface area contributed by atoms with Crippen LogP contribution in [0.25, 0.3) is 0 Å². The SMILES string of the molecule is CC(C)Cc1cccc(C(=O)C2CC3CC3C2)c1. The predicted molar refractivity (Wildman–Crippen MR) is 73.6 cm³/mol. The van der Waals surface area contributed by atoms with Crippen LogP contribution >= 0.6 is 0 Å². The van der Waals surface area contributed by atoms with Crippen molar-refractivity contribution in [2.24, 2.45) is 23.7 Å². The van der Waals surface area contributed by atoms with Gasteiger partial charge in [-0.05, 0) is 55.1 Å². The summed E-state index contributed by atoms with van der Waals surface area (Å²) in [7, 11) is 0. The number of rotatable bonds is 4. The number of ketones is 1. The second-order valence-electron chi connectivity index (χ2n) is 6.59. The van der Waals surface area contributed by atoms with Crippen molar-refractivity contribution in [3.63, 3.8) is 0 Å². The molecule has 0 amide bonds. The standard InChI is InChI=1S/C17H22O/c1-11(2)6-12-4-3-5-13(7-12)17(18)16-9-14-8-15(14)10-16/h3-5,7,11,14-16H,6,8-10H2,1-2H3. The van der Waals surface area contributed by atoms with Crippen molar-refractivity contribution in [2.75, 3.05) is 0 Å². The molecule has 0 saturated heterocycles. The maximum atomic E-state index is 12.5. The third-order valence-corrected chi connectivity index (χ3v) is 4.47. The monoisotopic (exact) mass is 242 g/mol. The Morgan fingerprint density at radius 1 is 1.22 bits per heavy atom. The van der Waals surface area contributed by atoms with Crippen LogP contribution in [0.15, 0.2) is 24.3 Å². The van der Waals surface area contributed by atoms with Gasteiger partial charge in [0.05, 0.1) is 0 Å². The molecule has 18 heavy (non-hydrogen) atoms. The second-order valence-corrected chi connectivity index (χ2v) is 6.59. The van der Waals surface area contributed by atoms with Crippen molar-refractivity contribution in [1.29, 1.82) is 0 Å².